The number of azide groups is 1. The van der Waals surface area contributed by atoms with E-state index in [0.29, 0.717) is 36.6 Å². The molecule has 214 valence electrons. The molecule has 41 heavy (non-hydrogen) atoms. The molecule has 0 aliphatic heterocycles. The lowest BCUT2D eigenvalue weighted by Gasteiger charge is -2.20. The summed E-state index contributed by atoms with van der Waals surface area (Å²) in [6, 6.07) is 16.4. The molecule has 1 aromatic heterocycles. The lowest BCUT2D eigenvalue weighted by atomic mass is 10.1. The van der Waals surface area contributed by atoms with Gasteiger partial charge in [-0.1, -0.05) is 42.6 Å². The number of benzene rings is 2. The van der Waals surface area contributed by atoms with Gasteiger partial charge in [-0.05, 0) is 60.3 Å². The zero-order chi connectivity index (χ0) is 29.3. The summed E-state index contributed by atoms with van der Waals surface area (Å²) in [6.07, 6.45) is 7.98. The van der Waals surface area contributed by atoms with Gasteiger partial charge < -0.3 is 20.3 Å². The van der Waals surface area contributed by atoms with Gasteiger partial charge in [0.05, 0.1) is 13.2 Å². The van der Waals surface area contributed by atoms with Gasteiger partial charge in [0.25, 0.3) is 5.91 Å². The van der Waals surface area contributed by atoms with Crippen molar-refractivity contribution >= 4 is 23.3 Å². The summed E-state index contributed by atoms with van der Waals surface area (Å²) in [6.45, 7) is 1.71. The van der Waals surface area contributed by atoms with Crippen LogP contribution in [0.4, 0.5) is 5.69 Å². The predicted molar refractivity (Wildman–Crippen MR) is 159 cm³/mol. The number of likely N-dealkylation sites (N-methyl/N-ethyl adjacent to an activating group) is 1. The van der Waals surface area contributed by atoms with Crippen LogP contribution in [0.1, 0.15) is 53.7 Å². The van der Waals surface area contributed by atoms with Crippen molar-refractivity contribution < 1.29 is 9.53 Å². The van der Waals surface area contributed by atoms with Crippen LogP contribution in [0.3, 0.4) is 0 Å². The number of amidine groups is 2. The SMILES string of the molecule is CN(C(=N)CNc1cccc(C(=O)NCc2cccc(OCCCCCCCN=[N+]=[N-])c2)c1)C(=N)c1ccncn1. The second-order valence-corrected chi connectivity index (χ2v) is 9.28. The van der Waals surface area contributed by atoms with E-state index in [-0.39, 0.29) is 24.1 Å². The summed E-state index contributed by atoms with van der Waals surface area (Å²) in [5.41, 5.74) is 10.8. The van der Waals surface area contributed by atoms with E-state index in [4.69, 9.17) is 21.1 Å². The molecular formula is C29H36N10O2. The van der Waals surface area contributed by atoms with Crippen LogP contribution in [-0.2, 0) is 6.54 Å². The van der Waals surface area contributed by atoms with Crippen LogP contribution < -0.4 is 15.4 Å². The normalized spacial score (nSPS) is 10.3. The summed E-state index contributed by atoms with van der Waals surface area (Å²) >= 11 is 0. The van der Waals surface area contributed by atoms with Crippen LogP contribution in [0.5, 0.6) is 5.75 Å². The molecule has 3 rings (SSSR count). The third-order valence-electron chi connectivity index (χ3n) is 6.24. The zero-order valence-corrected chi connectivity index (χ0v) is 23.2. The van der Waals surface area contributed by atoms with Crippen molar-refractivity contribution in [3.05, 3.63) is 94.4 Å². The van der Waals surface area contributed by atoms with Gasteiger partial charge in [0.1, 0.15) is 23.6 Å². The Morgan fingerprint density at radius 3 is 2.68 bits per heavy atom. The van der Waals surface area contributed by atoms with E-state index in [1.165, 1.54) is 11.2 Å². The number of hydrogen-bond acceptors (Lipinski definition) is 8. The van der Waals surface area contributed by atoms with Crippen LogP contribution in [0, 0.1) is 10.8 Å². The first-order chi connectivity index (χ1) is 20.0. The molecule has 0 unspecified atom stereocenters. The highest BCUT2D eigenvalue weighted by Crippen LogP contribution is 2.15. The molecule has 0 aliphatic rings. The van der Waals surface area contributed by atoms with Crippen LogP contribution in [0.25, 0.3) is 10.4 Å². The number of hydrogen-bond donors (Lipinski definition) is 4. The summed E-state index contributed by atoms with van der Waals surface area (Å²) in [7, 11) is 1.64. The smallest absolute Gasteiger partial charge is 0.251 e. The lowest BCUT2D eigenvalue weighted by molar-refractivity contribution is 0.0951. The third kappa shape index (κ3) is 10.6. The number of ether oxygens (including phenoxy) is 1. The number of anilines is 1. The number of carbonyl (C=O) groups excluding carboxylic acids is 1. The Bertz CT molecular complexity index is 1340. The average molecular weight is 557 g/mol. The molecule has 0 fully saturated rings. The fourth-order valence-corrected chi connectivity index (χ4v) is 3.89. The Hall–Kier alpha value is -4.96. The Morgan fingerprint density at radius 1 is 1.07 bits per heavy atom. The molecule has 1 heterocycles. The van der Waals surface area contributed by atoms with Crippen LogP contribution in [0.2, 0.25) is 0 Å². The number of nitrogens with one attached hydrogen (secondary N) is 4. The number of aromatic nitrogens is 2. The Kier molecular flexibility index (Phi) is 12.6. The number of unbranched alkanes of at least 4 members (excludes halogenated alkanes) is 4. The van der Waals surface area contributed by atoms with Crippen molar-refractivity contribution in [1.29, 1.82) is 10.8 Å². The van der Waals surface area contributed by atoms with E-state index in [0.717, 1.165) is 43.4 Å². The van der Waals surface area contributed by atoms with Crippen LogP contribution >= 0.6 is 0 Å². The molecule has 3 aromatic rings. The molecule has 0 saturated heterocycles. The molecule has 0 aliphatic carbocycles. The predicted octanol–water partition coefficient (Wildman–Crippen LogP) is 5.39. The van der Waals surface area contributed by atoms with Gasteiger partial charge in [0, 0.05) is 42.5 Å². The molecular weight excluding hydrogens is 520 g/mol. The Balaban J connectivity index is 1.41. The van der Waals surface area contributed by atoms with E-state index < -0.39 is 0 Å². The van der Waals surface area contributed by atoms with Gasteiger partial charge in [-0.3, -0.25) is 15.6 Å². The summed E-state index contributed by atoms with van der Waals surface area (Å²) in [5.74, 6) is 0.828. The number of carbonyl (C=O) groups is 1. The number of rotatable bonds is 16. The van der Waals surface area contributed by atoms with Crippen molar-refractivity contribution in [3.8, 4) is 5.75 Å². The highest BCUT2D eigenvalue weighted by atomic mass is 16.5. The quantitative estimate of drug-likeness (QED) is 0.0459. The summed E-state index contributed by atoms with van der Waals surface area (Å²) < 4.78 is 5.87. The molecule has 0 atom stereocenters. The minimum absolute atomic E-state index is 0.0946. The topological polar surface area (TPSA) is 176 Å². The van der Waals surface area contributed by atoms with E-state index >= 15 is 0 Å². The van der Waals surface area contributed by atoms with Gasteiger partial charge in [0.2, 0.25) is 0 Å². The first kappa shape index (κ1) is 30.6. The summed E-state index contributed by atoms with van der Waals surface area (Å²) in [4.78, 5) is 24.9. The molecule has 0 spiro atoms. The molecule has 0 bridgehead atoms. The maximum Gasteiger partial charge on any atom is 0.251 e. The van der Waals surface area contributed by atoms with Gasteiger partial charge in [0.15, 0.2) is 5.84 Å². The maximum absolute atomic E-state index is 12.8. The van der Waals surface area contributed by atoms with E-state index in [1.807, 2.05) is 30.3 Å². The largest absolute Gasteiger partial charge is 0.494 e. The molecule has 0 radical (unpaired) electrons. The zero-order valence-electron chi connectivity index (χ0n) is 23.2. The summed E-state index contributed by atoms with van der Waals surface area (Å²) in [5, 5.41) is 26.2. The van der Waals surface area contributed by atoms with Crippen molar-refractivity contribution in [2.24, 2.45) is 5.11 Å². The van der Waals surface area contributed by atoms with Gasteiger partial charge in [-0.2, -0.15) is 0 Å². The van der Waals surface area contributed by atoms with Crippen molar-refractivity contribution in [1.82, 2.24) is 20.2 Å². The monoisotopic (exact) mass is 556 g/mol. The second kappa shape index (κ2) is 16.9. The third-order valence-corrected chi connectivity index (χ3v) is 6.24. The minimum atomic E-state index is -0.210. The van der Waals surface area contributed by atoms with Gasteiger partial charge >= 0.3 is 0 Å². The average Bonchev–Trinajstić information content (AvgIpc) is 3.01. The molecule has 0 saturated carbocycles. The van der Waals surface area contributed by atoms with E-state index in [2.05, 4.69) is 30.6 Å². The Morgan fingerprint density at radius 2 is 1.88 bits per heavy atom. The minimum Gasteiger partial charge on any atom is -0.494 e. The fourth-order valence-electron chi connectivity index (χ4n) is 3.89. The highest BCUT2D eigenvalue weighted by Gasteiger charge is 2.13. The number of amides is 1. The van der Waals surface area contributed by atoms with E-state index in [1.54, 1.807) is 37.5 Å². The first-order valence-corrected chi connectivity index (χ1v) is 13.5. The molecule has 12 heteroatoms. The van der Waals surface area contributed by atoms with Gasteiger partial charge in [-0.25, -0.2) is 9.97 Å². The second-order valence-electron chi connectivity index (χ2n) is 9.28. The van der Waals surface area contributed by atoms with Crippen molar-refractivity contribution in [3.63, 3.8) is 0 Å². The lowest BCUT2D eigenvalue weighted by Crippen LogP contribution is -2.37. The molecule has 2 aromatic carbocycles. The molecule has 12 nitrogen and oxygen atoms in total. The molecule has 1 amide bonds. The fraction of sp³-hybridized carbons (Fsp3) is 0.345. The van der Waals surface area contributed by atoms with Gasteiger partial charge in [-0.15, -0.1) is 0 Å². The van der Waals surface area contributed by atoms with Crippen LogP contribution in [-0.4, -0.2) is 59.2 Å². The maximum atomic E-state index is 12.8. The van der Waals surface area contributed by atoms with E-state index in [9.17, 15) is 4.79 Å². The Labute approximate surface area is 239 Å². The first-order valence-electron chi connectivity index (χ1n) is 13.5. The molecule has 4 N–H and O–H groups in total. The number of nitrogens with zero attached hydrogens (tertiary/aromatic N) is 6. The van der Waals surface area contributed by atoms with Crippen molar-refractivity contribution in [2.75, 3.05) is 32.1 Å². The highest BCUT2D eigenvalue weighted by molar-refractivity contribution is 6.06. The standard InChI is InChI=1S/C29H36N10O2/c1-39(28(31)26-13-15-33-21-36-26)27(30)20-34-24-11-8-10-23(18-24)29(40)35-19-22-9-7-12-25(17-22)41-16-6-4-2-3-5-14-37-38-32/h7-13,15,17-18,21,30-31,34H,2-6,14,16,19-20H2,1H3,(H,35,40). The van der Waals surface area contributed by atoms with Crippen molar-refractivity contribution in [2.45, 2.75) is 38.6 Å². The van der Waals surface area contributed by atoms with Crippen LogP contribution in [0.15, 0.2) is 72.2 Å².